The molecule has 0 aliphatic carbocycles. The molecule has 0 bridgehead atoms. The first kappa shape index (κ1) is 15.4. The molecule has 1 aromatic rings. The number of nitrogens with zero attached hydrogens (tertiary/aromatic N) is 2. The Balaban J connectivity index is 2.03. The number of benzene rings is 1. The van der Waals surface area contributed by atoms with Crippen molar-refractivity contribution in [2.45, 2.75) is 19.4 Å². The van der Waals surface area contributed by atoms with Crippen LogP contribution in [0.1, 0.15) is 18.4 Å². The summed E-state index contributed by atoms with van der Waals surface area (Å²) in [7, 11) is 1.32. The molecule has 1 fully saturated rings. The Labute approximate surface area is 123 Å². The van der Waals surface area contributed by atoms with Crippen LogP contribution in [-0.4, -0.2) is 42.5 Å². The molecule has 1 unspecified atom stereocenters. The predicted molar refractivity (Wildman–Crippen MR) is 77.3 cm³/mol. The molecular weight excluding hydrogens is 272 g/mol. The second-order valence-corrected chi connectivity index (χ2v) is 5.69. The molecule has 21 heavy (non-hydrogen) atoms. The van der Waals surface area contributed by atoms with Crippen LogP contribution in [0.4, 0.5) is 0 Å². The van der Waals surface area contributed by atoms with Gasteiger partial charge in [0, 0.05) is 18.0 Å². The number of nitro groups is 1. The Morgan fingerprint density at radius 3 is 2.76 bits per heavy atom. The van der Waals surface area contributed by atoms with E-state index in [2.05, 4.69) is 4.90 Å². The van der Waals surface area contributed by atoms with Gasteiger partial charge >= 0.3 is 5.97 Å². The van der Waals surface area contributed by atoms with Crippen molar-refractivity contribution in [3.05, 3.63) is 46.0 Å². The van der Waals surface area contributed by atoms with Crippen LogP contribution in [0.25, 0.3) is 0 Å². The van der Waals surface area contributed by atoms with E-state index >= 15 is 0 Å². The van der Waals surface area contributed by atoms with Gasteiger partial charge in [-0.25, -0.2) is 0 Å². The number of likely N-dealkylation sites (tertiary alicyclic amines) is 1. The number of carbonyl (C=O) groups is 1. The number of hydrogen-bond donors (Lipinski definition) is 0. The molecule has 0 amide bonds. The minimum Gasteiger partial charge on any atom is -0.469 e. The number of carbonyl (C=O) groups excluding carboxylic acids is 1. The molecule has 1 aliphatic heterocycles. The molecule has 1 aliphatic rings. The lowest BCUT2D eigenvalue weighted by Gasteiger charge is -2.24. The van der Waals surface area contributed by atoms with E-state index in [1.807, 2.05) is 30.3 Å². The summed E-state index contributed by atoms with van der Waals surface area (Å²) in [5.74, 6) is -0.376. The molecule has 0 N–H and O–H groups in total. The van der Waals surface area contributed by atoms with E-state index in [0.29, 0.717) is 13.0 Å². The van der Waals surface area contributed by atoms with Gasteiger partial charge in [-0.2, -0.15) is 0 Å². The summed E-state index contributed by atoms with van der Waals surface area (Å²) >= 11 is 0. The van der Waals surface area contributed by atoms with E-state index in [1.54, 1.807) is 0 Å². The highest BCUT2D eigenvalue weighted by Crippen LogP contribution is 2.35. The second-order valence-electron chi connectivity index (χ2n) is 5.69. The van der Waals surface area contributed by atoms with E-state index in [9.17, 15) is 14.9 Å². The van der Waals surface area contributed by atoms with E-state index < -0.39 is 5.41 Å². The minimum atomic E-state index is -0.606. The fraction of sp³-hybridized carbons (Fsp3) is 0.533. The first-order valence-electron chi connectivity index (χ1n) is 6.98. The van der Waals surface area contributed by atoms with Gasteiger partial charge in [-0.3, -0.25) is 19.8 Å². The van der Waals surface area contributed by atoms with Crippen LogP contribution in [0.15, 0.2) is 30.3 Å². The quantitative estimate of drug-likeness (QED) is 0.453. The highest BCUT2D eigenvalue weighted by Gasteiger charge is 2.44. The Morgan fingerprint density at radius 1 is 1.43 bits per heavy atom. The molecule has 2 rings (SSSR count). The van der Waals surface area contributed by atoms with Crippen molar-refractivity contribution in [3.63, 3.8) is 0 Å². The molecule has 6 heteroatoms. The SMILES string of the molecule is COC(=O)CC1(C[N+](=O)[O-])CCN(Cc2ccccc2)C1. The third-order valence-electron chi connectivity index (χ3n) is 3.98. The standard InChI is InChI=1S/C15H20N2O4/c1-21-14(18)9-15(12-17(19)20)7-8-16(11-15)10-13-5-3-2-4-6-13/h2-6H,7-12H2,1H3. The van der Waals surface area contributed by atoms with Crippen LogP contribution < -0.4 is 0 Å². The summed E-state index contributed by atoms with van der Waals surface area (Å²) in [5.41, 5.74) is 0.568. The Bertz CT molecular complexity index is 506. The van der Waals surface area contributed by atoms with Gasteiger partial charge in [-0.05, 0) is 18.5 Å². The van der Waals surface area contributed by atoms with Crippen molar-refractivity contribution >= 4 is 5.97 Å². The fourth-order valence-electron chi connectivity index (χ4n) is 2.99. The van der Waals surface area contributed by atoms with Gasteiger partial charge in [0.25, 0.3) is 0 Å². The summed E-state index contributed by atoms with van der Waals surface area (Å²) in [6, 6.07) is 9.98. The van der Waals surface area contributed by atoms with Crippen LogP contribution in [0.2, 0.25) is 0 Å². The second kappa shape index (κ2) is 6.67. The number of rotatable bonds is 6. The zero-order chi connectivity index (χ0) is 15.3. The van der Waals surface area contributed by atoms with Gasteiger partial charge in [-0.15, -0.1) is 0 Å². The monoisotopic (exact) mass is 292 g/mol. The maximum absolute atomic E-state index is 11.6. The van der Waals surface area contributed by atoms with Crippen LogP contribution in [0, 0.1) is 15.5 Å². The maximum Gasteiger partial charge on any atom is 0.306 e. The summed E-state index contributed by atoms with van der Waals surface area (Å²) in [5, 5.41) is 10.9. The van der Waals surface area contributed by atoms with Crippen LogP contribution in [-0.2, 0) is 16.1 Å². The molecule has 0 radical (unpaired) electrons. The number of ether oxygens (including phenoxy) is 1. The molecule has 1 heterocycles. The molecule has 1 saturated heterocycles. The van der Waals surface area contributed by atoms with Crippen molar-refractivity contribution in [3.8, 4) is 0 Å². The highest BCUT2D eigenvalue weighted by molar-refractivity contribution is 5.70. The van der Waals surface area contributed by atoms with E-state index in [0.717, 1.165) is 13.1 Å². The molecule has 114 valence electrons. The maximum atomic E-state index is 11.6. The Hall–Kier alpha value is -1.95. The van der Waals surface area contributed by atoms with Gasteiger partial charge in [0.15, 0.2) is 0 Å². The summed E-state index contributed by atoms with van der Waals surface area (Å²) in [6.45, 7) is 1.88. The van der Waals surface area contributed by atoms with E-state index in [1.165, 1.54) is 12.7 Å². The molecule has 0 saturated carbocycles. The van der Waals surface area contributed by atoms with Crippen LogP contribution >= 0.6 is 0 Å². The van der Waals surface area contributed by atoms with Crippen LogP contribution in [0.3, 0.4) is 0 Å². The average Bonchev–Trinajstić information content (AvgIpc) is 2.81. The topological polar surface area (TPSA) is 72.7 Å². The van der Waals surface area contributed by atoms with Gasteiger partial charge in [0.2, 0.25) is 6.54 Å². The molecule has 1 aromatic carbocycles. The Kier molecular flexibility index (Phi) is 4.90. The zero-order valence-corrected chi connectivity index (χ0v) is 12.2. The van der Waals surface area contributed by atoms with E-state index in [4.69, 9.17) is 4.74 Å². The third kappa shape index (κ3) is 4.26. The Morgan fingerprint density at radius 2 is 2.14 bits per heavy atom. The molecule has 0 aromatic heterocycles. The molecule has 0 spiro atoms. The smallest absolute Gasteiger partial charge is 0.306 e. The van der Waals surface area contributed by atoms with Crippen molar-refractivity contribution in [1.29, 1.82) is 0 Å². The van der Waals surface area contributed by atoms with Gasteiger partial charge < -0.3 is 4.74 Å². The normalized spacial score (nSPS) is 22.1. The first-order chi connectivity index (χ1) is 10.0. The van der Waals surface area contributed by atoms with Gasteiger partial charge in [-0.1, -0.05) is 30.3 Å². The lowest BCUT2D eigenvalue weighted by Crippen LogP contribution is -2.36. The molecule has 6 nitrogen and oxygen atoms in total. The van der Waals surface area contributed by atoms with Crippen molar-refractivity contribution in [2.24, 2.45) is 5.41 Å². The number of hydrogen-bond acceptors (Lipinski definition) is 5. The lowest BCUT2D eigenvalue weighted by atomic mass is 9.83. The summed E-state index contributed by atoms with van der Waals surface area (Å²) < 4.78 is 4.69. The first-order valence-corrected chi connectivity index (χ1v) is 6.98. The summed E-state index contributed by atoms with van der Waals surface area (Å²) in [4.78, 5) is 24.3. The molecule has 1 atom stereocenters. The zero-order valence-electron chi connectivity index (χ0n) is 12.2. The van der Waals surface area contributed by atoms with E-state index in [-0.39, 0.29) is 23.9 Å². The summed E-state index contributed by atoms with van der Waals surface area (Å²) in [6.07, 6.45) is 0.756. The van der Waals surface area contributed by atoms with Gasteiger partial charge in [0.1, 0.15) is 0 Å². The van der Waals surface area contributed by atoms with Crippen molar-refractivity contribution in [2.75, 3.05) is 26.7 Å². The van der Waals surface area contributed by atoms with Crippen LogP contribution in [0.5, 0.6) is 0 Å². The van der Waals surface area contributed by atoms with Crippen molar-refractivity contribution < 1.29 is 14.5 Å². The lowest BCUT2D eigenvalue weighted by molar-refractivity contribution is -0.496. The highest BCUT2D eigenvalue weighted by atomic mass is 16.6. The minimum absolute atomic E-state index is 0.107. The average molecular weight is 292 g/mol. The fourth-order valence-corrected chi connectivity index (χ4v) is 2.99. The molecular formula is C15H20N2O4. The predicted octanol–water partition coefficient (Wildman–Crippen LogP) is 1.72. The largest absolute Gasteiger partial charge is 0.469 e. The van der Waals surface area contributed by atoms with Crippen molar-refractivity contribution in [1.82, 2.24) is 4.90 Å². The third-order valence-corrected chi connectivity index (χ3v) is 3.98. The van der Waals surface area contributed by atoms with Gasteiger partial charge in [0.05, 0.1) is 18.9 Å². The number of methoxy groups -OCH3 is 1. The number of esters is 1.